The number of nitrogens with zero attached hydrogens (tertiary/aromatic N) is 3. The molecule has 11 heteroatoms. The Labute approximate surface area is 187 Å². The van der Waals surface area contributed by atoms with E-state index in [0.29, 0.717) is 10.6 Å². The summed E-state index contributed by atoms with van der Waals surface area (Å²) in [5.74, 6) is -0.262. The zero-order valence-corrected chi connectivity index (χ0v) is 17.6. The van der Waals surface area contributed by atoms with E-state index in [1.165, 1.54) is 12.1 Å². The van der Waals surface area contributed by atoms with Gasteiger partial charge in [-0.15, -0.1) is 5.10 Å². The summed E-state index contributed by atoms with van der Waals surface area (Å²) in [6.45, 7) is 0. The molecule has 0 bridgehead atoms. The monoisotopic (exact) mass is 490 g/mol. The number of benzene rings is 2. The van der Waals surface area contributed by atoms with Crippen LogP contribution in [0, 0.1) is 0 Å². The average Bonchev–Trinajstić information content (AvgIpc) is 3.01. The molecule has 0 radical (unpaired) electrons. The maximum Gasteiger partial charge on any atom is 0.417 e. The first kappa shape index (κ1) is 21.1. The van der Waals surface area contributed by atoms with E-state index in [9.17, 15) is 13.2 Å². The van der Waals surface area contributed by atoms with Crippen molar-refractivity contribution in [3.8, 4) is 16.9 Å². The third kappa shape index (κ3) is 3.67. The Morgan fingerprint density at radius 1 is 0.900 bits per heavy atom. The Bertz CT molecular complexity index is 1260. The summed E-state index contributed by atoms with van der Waals surface area (Å²) in [7, 11) is 0. The highest BCUT2D eigenvalue weighted by molar-refractivity contribution is 6.48. The van der Waals surface area contributed by atoms with Crippen molar-refractivity contribution in [1.82, 2.24) is 14.8 Å². The highest BCUT2D eigenvalue weighted by Gasteiger charge is 2.36. The van der Waals surface area contributed by atoms with Gasteiger partial charge in [0.1, 0.15) is 5.82 Å². The van der Waals surface area contributed by atoms with Crippen molar-refractivity contribution >= 4 is 63.3 Å². The van der Waals surface area contributed by atoms with Crippen LogP contribution in [0.4, 0.5) is 19.0 Å². The minimum atomic E-state index is -4.69. The Balaban J connectivity index is 2.01. The molecule has 0 aliphatic rings. The quantitative estimate of drug-likeness (QED) is 0.299. The number of aromatic nitrogens is 3. The van der Waals surface area contributed by atoms with Crippen LogP contribution in [-0.2, 0) is 6.18 Å². The van der Waals surface area contributed by atoms with Gasteiger partial charge in [-0.05, 0) is 30.3 Å². The van der Waals surface area contributed by atoms with Gasteiger partial charge in [-0.1, -0.05) is 58.5 Å². The first-order valence-corrected chi connectivity index (χ1v) is 9.74. The van der Waals surface area contributed by atoms with Crippen LogP contribution in [0.25, 0.3) is 28.0 Å². The van der Waals surface area contributed by atoms with E-state index < -0.39 is 11.7 Å². The number of fused-ring (bicyclic) bond motifs is 1. The summed E-state index contributed by atoms with van der Waals surface area (Å²) in [4.78, 5) is 4.27. The molecule has 2 heterocycles. The van der Waals surface area contributed by atoms with E-state index in [0.717, 1.165) is 10.7 Å². The van der Waals surface area contributed by atoms with Crippen LogP contribution in [0.5, 0.6) is 0 Å². The molecule has 0 unspecified atom stereocenters. The lowest BCUT2D eigenvalue weighted by Gasteiger charge is -2.11. The van der Waals surface area contributed by atoms with E-state index in [4.69, 9.17) is 52.1 Å². The summed E-state index contributed by atoms with van der Waals surface area (Å²) in [5.41, 5.74) is 5.64. The van der Waals surface area contributed by atoms with Crippen LogP contribution in [0.15, 0.2) is 42.5 Å². The lowest BCUT2D eigenvalue weighted by molar-refractivity contribution is -0.136. The first-order chi connectivity index (χ1) is 14.1. The average molecular weight is 492 g/mol. The number of halogens is 7. The van der Waals surface area contributed by atoms with Crippen molar-refractivity contribution in [3.63, 3.8) is 0 Å². The normalized spacial score (nSPS) is 12.0. The number of anilines is 1. The van der Waals surface area contributed by atoms with Gasteiger partial charge >= 0.3 is 6.18 Å². The Morgan fingerprint density at radius 2 is 1.50 bits per heavy atom. The fourth-order valence-corrected chi connectivity index (χ4v) is 3.67. The topological polar surface area (TPSA) is 56.7 Å². The van der Waals surface area contributed by atoms with E-state index >= 15 is 0 Å². The van der Waals surface area contributed by atoms with Crippen molar-refractivity contribution < 1.29 is 13.2 Å². The first-order valence-electron chi connectivity index (χ1n) is 8.23. The van der Waals surface area contributed by atoms with Gasteiger partial charge in [-0.2, -0.15) is 13.2 Å². The number of hydrogen-bond donors (Lipinski definition) is 1. The lowest BCUT2D eigenvalue weighted by Crippen LogP contribution is -2.08. The van der Waals surface area contributed by atoms with Gasteiger partial charge in [0.15, 0.2) is 5.65 Å². The van der Waals surface area contributed by atoms with Crippen LogP contribution in [0.2, 0.25) is 20.1 Å². The SMILES string of the molecule is Nc1c2c(C(F)(F)F)cc(-c3ccc(Cl)cc3)nc2nn1-c1cc(Cl)c(Cl)c(Cl)c1. The van der Waals surface area contributed by atoms with Crippen molar-refractivity contribution in [2.75, 3.05) is 5.73 Å². The molecule has 4 rings (SSSR count). The molecule has 0 fully saturated rings. The molecule has 0 saturated heterocycles. The molecule has 0 saturated carbocycles. The fraction of sp³-hybridized carbons (Fsp3) is 0.0526. The van der Waals surface area contributed by atoms with Gasteiger partial charge in [-0.3, -0.25) is 0 Å². The fourth-order valence-electron chi connectivity index (χ4n) is 2.96. The maximum absolute atomic E-state index is 13.8. The molecule has 2 N–H and O–H groups in total. The molecule has 0 atom stereocenters. The zero-order valence-electron chi connectivity index (χ0n) is 14.6. The zero-order chi connectivity index (χ0) is 21.8. The highest BCUT2D eigenvalue weighted by atomic mass is 35.5. The summed E-state index contributed by atoms with van der Waals surface area (Å²) in [6.07, 6.45) is -4.69. The van der Waals surface area contributed by atoms with Crippen LogP contribution in [0.1, 0.15) is 5.56 Å². The minimum Gasteiger partial charge on any atom is -0.383 e. The molecule has 30 heavy (non-hydrogen) atoms. The molecule has 4 nitrogen and oxygen atoms in total. The molecule has 0 aliphatic carbocycles. The van der Waals surface area contributed by atoms with Gasteiger partial charge < -0.3 is 5.73 Å². The number of nitrogen functional groups attached to an aromatic ring is 1. The summed E-state index contributed by atoms with van der Waals surface area (Å²) in [5, 5.41) is 4.59. The largest absolute Gasteiger partial charge is 0.417 e. The summed E-state index contributed by atoms with van der Waals surface area (Å²) >= 11 is 23.9. The number of rotatable bonds is 2. The molecular weight excluding hydrogens is 483 g/mol. The Morgan fingerprint density at radius 3 is 2.07 bits per heavy atom. The summed E-state index contributed by atoms with van der Waals surface area (Å²) < 4.78 is 42.6. The van der Waals surface area contributed by atoms with Crippen LogP contribution < -0.4 is 5.73 Å². The van der Waals surface area contributed by atoms with Gasteiger partial charge in [0.25, 0.3) is 0 Å². The third-order valence-corrected chi connectivity index (χ3v) is 5.79. The molecule has 154 valence electrons. The molecule has 0 amide bonds. The van der Waals surface area contributed by atoms with E-state index in [1.54, 1.807) is 24.3 Å². The van der Waals surface area contributed by atoms with Gasteiger partial charge in [-0.25, -0.2) is 9.67 Å². The Kier molecular flexibility index (Phi) is 5.26. The number of hydrogen-bond acceptors (Lipinski definition) is 3. The van der Waals surface area contributed by atoms with Gasteiger partial charge in [0.05, 0.1) is 37.4 Å². The van der Waals surface area contributed by atoms with Crippen LogP contribution in [0.3, 0.4) is 0 Å². The number of alkyl halides is 3. The predicted molar refractivity (Wildman–Crippen MR) is 114 cm³/mol. The molecule has 0 aliphatic heterocycles. The number of pyridine rings is 1. The smallest absolute Gasteiger partial charge is 0.383 e. The third-order valence-electron chi connectivity index (χ3n) is 4.34. The molecule has 0 spiro atoms. The minimum absolute atomic E-state index is 0.0725. The molecular formula is C19H9Cl4F3N4. The summed E-state index contributed by atoms with van der Waals surface area (Å²) in [6, 6.07) is 9.96. The standard InChI is InChI=1S/C19H9Cl4F3N4/c20-9-3-1-8(2-4-9)14-7-11(19(24,25)26)15-17(27)30(29-18(15)28-14)10-5-12(21)16(23)13(22)6-10/h1-7H,27H2. The highest BCUT2D eigenvalue weighted by Crippen LogP contribution is 2.40. The van der Waals surface area contributed by atoms with E-state index in [2.05, 4.69) is 10.1 Å². The van der Waals surface area contributed by atoms with Crippen molar-refractivity contribution in [2.45, 2.75) is 6.18 Å². The molecule has 4 aromatic rings. The van der Waals surface area contributed by atoms with Crippen molar-refractivity contribution in [1.29, 1.82) is 0 Å². The van der Waals surface area contributed by atoms with E-state index in [1.807, 2.05) is 0 Å². The number of nitrogens with two attached hydrogens (primary N) is 1. The van der Waals surface area contributed by atoms with Crippen molar-refractivity contribution in [2.24, 2.45) is 0 Å². The Hall–Kier alpha value is -2.19. The van der Waals surface area contributed by atoms with Gasteiger partial charge in [0, 0.05) is 10.6 Å². The molecule has 2 aromatic carbocycles. The maximum atomic E-state index is 13.8. The van der Waals surface area contributed by atoms with Crippen LogP contribution in [-0.4, -0.2) is 14.8 Å². The second kappa shape index (κ2) is 7.50. The predicted octanol–water partition coefficient (Wildman–Crippen LogP) is 7.30. The van der Waals surface area contributed by atoms with Crippen LogP contribution >= 0.6 is 46.4 Å². The van der Waals surface area contributed by atoms with Gasteiger partial charge in [0.2, 0.25) is 0 Å². The molecule has 2 aromatic heterocycles. The van der Waals surface area contributed by atoms with Crippen molar-refractivity contribution in [3.05, 3.63) is 68.1 Å². The second-order valence-electron chi connectivity index (χ2n) is 6.28. The second-order valence-corrected chi connectivity index (χ2v) is 7.91. The lowest BCUT2D eigenvalue weighted by atomic mass is 10.1. The van der Waals surface area contributed by atoms with E-state index in [-0.39, 0.29) is 43.3 Å².